The molecule has 170 valence electrons. The number of sulfonamides is 1. The van der Waals surface area contributed by atoms with Gasteiger partial charge in [0.2, 0.25) is 16.8 Å². The molecule has 0 aromatic heterocycles. The summed E-state index contributed by atoms with van der Waals surface area (Å²) in [7, 11) is -3.57. The highest BCUT2D eigenvalue weighted by molar-refractivity contribution is 7.89. The molecule has 3 aliphatic rings. The summed E-state index contributed by atoms with van der Waals surface area (Å²) in [4.78, 5) is 7.18. The second-order valence-corrected chi connectivity index (χ2v) is 10.4. The number of rotatable bonds is 5. The van der Waals surface area contributed by atoms with Crippen molar-refractivity contribution in [2.75, 3.05) is 37.9 Å². The number of ether oxygens (including phenoxy) is 2. The fourth-order valence-corrected chi connectivity index (χ4v) is 6.32. The van der Waals surface area contributed by atoms with Gasteiger partial charge in [-0.05, 0) is 74.1 Å². The van der Waals surface area contributed by atoms with Gasteiger partial charge in [0.25, 0.3) is 0 Å². The number of nitrogens with zero attached hydrogens (tertiary/aromatic N) is 3. The highest BCUT2D eigenvalue weighted by Gasteiger charge is 2.30. The predicted molar refractivity (Wildman–Crippen MR) is 125 cm³/mol. The van der Waals surface area contributed by atoms with Crippen molar-refractivity contribution in [2.24, 2.45) is 4.99 Å². The Balaban J connectivity index is 1.48. The summed E-state index contributed by atoms with van der Waals surface area (Å²) < 4.78 is 39.7. The number of benzene rings is 2. The molecule has 2 aromatic carbocycles. The van der Waals surface area contributed by atoms with Gasteiger partial charge in [0.05, 0.1) is 11.4 Å². The van der Waals surface area contributed by atoms with E-state index in [-0.39, 0.29) is 6.79 Å². The van der Waals surface area contributed by atoms with Crippen LogP contribution in [0, 0.1) is 0 Å². The number of piperidine rings is 2. The van der Waals surface area contributed by atoms with Crippen LogP contribution in [-0.2, 0) is 10.0 Å². The lowest BCUT2D eigenvalue weighted by Gasteiger charge is -2.32. The standard InChI is InChI=1S/C24H29N3O4S/c28-32(29,27-13-5-2-6-14-27)24-16-20(8-9-21(24)26-11-3-1-4-12-26)25-17-19-7-10-22-23(15-19)31-18-30-22/h7-10,15-17H,1-6,11-14,18H2. The molecule has 2 fully saturated rings. The van der Waals surface area contributed by atoms with E-state index in [1.54, 1.807) is 16.6 Å². The first-order valence-electron chi connectivity index (χ1n) is 11.4. The molecule has 3 heterocycles. The minimum Gasteiger partial charge on any atom is -0.454 e. The molecule has 2 saturated heterocycles. The van der Waals surface area contributed by atoms with Gasteiger partial charge in [-0.1, -0.05) is 6.42 Å². The molecule has 5 rings (SSSR count). The third-order valence-electron chi connectivity index (χ3n) is 6.33. The predicted octanol–water partition coefficient (Wildman–Crippen LogP) is 4.33. The summed E-state index contributed by atoms with van der Waals surface area (Å²) in [5, 5.41) is 0. The Morgan fingerprint density at radius 3 is 2.31 bits per heavy atom. The van der Waals surface area contributed by atoms with Crippen LogP contribution in [0.4, 0.5) is 11.4 Å². The highest BCUT2D eigenvalue weighted by atomic mass is 32.2. The molecule has 0 aliphatic carbocycles. The molecule has 7 nitrogen and oxygen atoms in total. The second-order valence-electron chi connectivity index (χ2n) is 8.54. The zero-order chi connectivity index (χ0) is 22.0. The van der Waals surface area contributed by atoms with Crippen LogP contribution in [0.1, 0.15) is 44.1 Å². The summed E-state index contributed by atoms with van der Waals surface area (Å²) in [6, 6.07) is 11.2. The lowest BCUT2D eigenvalue weighted by molar-refractivity contribution is 0.174. The minimum absolute atomic E-state index is 0.228. The fraction of sp³-hybridized carbons (Fsp3) is 0.458. The van der Waals surface area contributed by atoms with Crippen molar-refractivity contribution >= 4 is 27.6 Å². The average molecular weight is 456 g/mol. The number of fused-ring (bicyclic) bond motifs is 1. The topological polar surface area (TPSA) is 71.4 Å². The van der Waals surface area contributed by atoms with Crippen molar-refractivity contribution in [1.82, 2.24) is 4.31 Å². The Labute approximate surface area is 189 Å². The van der Waals surface area contributed by atoms with Crippen molar-refractivity contribution in [1.29, 1.82) is 0 Å². The SMILES string of the molecule is O=S(=O)(c1cc(N=Cc2ccc3c(c2)OCO3)ccc1N1CCCCC1)N1CCCCC1. The smallest absolute Gasteiger partial charge is 0.245 e. The van der Waals surface area contributed by atoms with Gasteiger partial charge >= 0.3 is 0 Å². The molecule has 0 radical (unpaired) electrons. The van der Waals surface area contributed by atoms with E-state index in [4.69, 9.17) is 9.47 Å². The van der Waals surface area contributed by atoms with Crippen LogP contribution >= 0.6 is 0 Å². The van der Waals surface area contributed by atoms with Crippen LogP contribution in [0.3, 0.4) is 0 Å². The van der Waals surface area contributed by atoms with Crippen molar-refractivity contribution < 1.29 is 17.9 Å². The van der Waals surface area contributed by atoms with Crippen LogP contribution in [0.5, 0.6) is 11.5 Å². The average Bonchev–Trinajstić information content (AvgIpc) is 3.32. The summed E-state index contributed by atoms with van der Waals surface area (Å²) in [5.74, 6) is 1.42. The van der Waals surface area contributed by atoms with Gasteiger partial charge in [0.15, 0.2) is 11.5 Å². The maximum Gasteiger partial charge on any atom is 0.245 e. The Hall–Kier alpha value is -2.58. The Bertz CT molecular complexity index is 1100. The Morgan fingerprint density at radius 2 is 1.53 bits per heavy atom. The van der Waals surface area contributed by atoms with E-state index < -0.39 is 10.0 Å². The maximum absolute atomic E-state index is 13.6. The first kappa shape index (κ1) is 21.3. The first-order valence-corrected chi connectivity index (χ1v) is 12.9. The third kappa shape index (κ3) is 4.34. The van der Waals surface area contributed by atoms with E-state index in [9.17, 15) is 8.42 Å². The molecule has 0 bridgehead atoms. The zero-order valence-electron chi connectivity index (χ0n) is 18.2. The maximum atomic E-state index is 13.6. The molecular weight excluding hydrogens is 426 g/mol. The molecule has 0 saturated carbocycles. The van der Waals surface area contributed by atoms with E-state index in [0.717, 1.165) is 62.2 Å². The monoisotopic (exact) mass is 455 g/mol. The fourth-order valence-electron chi connectivity index (χ4n) is 4.57. The molecule has 0 amide bonds. The van der Waals surface area contributed by atoms with Gasteiger partial charge < -0.3 is 14.4 Å². The molecule has 32 heavy (non-hydrogen) atoms. The Kier molecular flexibility index (Phi) is 6.06. The zero-order valence-corrected chi connectivity index (χ0v) is 19.0. The summed E-state index contributed by atoms with van der Waals surface area (Å²) in [6.07, 6.45) is 8.03. The van der Waals surface area contributed by atoms with Gasteiger partial charge in [0.1, 0.15) is 4.90 Å². The quantitative estimate of drug-likeness (QED) is 0.628. The molecule has 8 heteroatoms. The molecule has 0 spiro atoms. The van der Waals surface area contributed by atoms with E-state index in [0.29, 0.717) is 29.4 Å². The molecular formula is C24H29N3O4S. The molecule has 0 N–H and O–H groups in total. The normalized spacial score (nSPS) is 19.6. The number of aliphatic imine (C=N–C) groups is 1. The summed E-state index contributed by atoms with van der Waals surface area (Å²) >= 11 is 0. The van der Waals surface area contributed by atoms with E-state index in [1.807, 2.05) is 30.3 Å². The lowest BCUT2D eigenvalue weighted by Crippen LogP contribution is -2.37. The van der Waals surface area contributed by atoms with Crippen LogP contribution in [-0.4, -0.2) is 51.9 Å². The van der Waals surface area contributed by atoms with E-state index in [2.05, 4.69) is 9.89 Å². The second kappa shape index (κ2) is 9.11. The van der Waals surface area contributed by atoms with Gasteiger partial charge in [-0.2, -0.15) is 4.31 Å². The number of anilines is 1. The van der Waals surface area contributed by atoms with Crippen LogP contribution in [0.2, 0.25) is 0 Å². The van der Waals surface area contributed by atoms with Crippen LogP contribution in [0.25, 0.3) is 0 Å². The van der Waals surface area contributed by atoms with Gasteiger partial charge in [-0.25, -0.2) is 8.42 Å². The van der Waals surface area contributed by atoms with Gasteiger partial charge in [-0.3, -0.25) is 4.99 Å². The molecule has 0 unspecified atom stereocenters. The van der Waals surface area contributed by atoms with Crippen molar-refractivity contribution in [3.63, 3.8) is 0 Å². The van der Waals surface area contributed by atoms with Crippen molar-refractivity contribution in [2.45, 2.75) is 43.4 Å². The van der Waals surface area contributed by atoms with E-state index in [1.165, 1.54) is 6.42 Å². The van der Waals surface area contributed by atoms with Crippen LogP contribution in [0.15, 0.2) is 46.3 Å². The highest BCUT2D eigenvalue weighted by Crippen LogP contribution is 2.35. The first-order chi connectivity index (χ1) is 15.6. The third-order valence-corrected chi connectivity index (χ3v) is 8.26. The number of hydrogen-bond donors (Lipinski definition) is 0. The molecule has 0 atom stereocenters. The number of hydrogen-bond acceptors (Lipinski definition) is 6. The molecule has 3 aliphatic heterocycles. The lowest BCUT2D eigenvalue weighted by atomic mass is 10.1. The van der Waals surface area contributed by atoms with Crippen LogP contribution < -0.4 is 14.4 Å². The minimum atomic E-state index is -3.57. The van der Waals surface area contributed by atoms with E-state index >= 15 is 0 Å². The largest absolute Gasteiger partial charge is 0.454 e. The van der Waals surface area contributed by atoms with Crippen molar-refractivity contribution in [3.8, 4) is 11.5 Å². The van der Waals surface area contributed by atoms with Crippen molar-refractivity contribution in [3.05, 3.63) is 42.0 Å². The Morgan fingerprint density at radius 1 is 0.812 bits per heavy atom. The summed E-state index contributed by atoms with van der Waals surface area (Å²) in [5.41, 5.74) is 2.30. The van der Waals surface area contributed by atoms with Gasteiger partial charge in [0, 0.05) is 32.4 Å². The summed E-state index contributed by atoms with van der Waals surface area (Å²) in [6.45, 7) is 3.19. The molecule has 2 aromatic rings. The van der Waals surface area contributed by atoms with Gasteiger partial charge in [-0.15, -0.1) is 0 Å².